The highest BCUT2D eigenvalue weighted by Gasteiger charge is 2.22. The van der Waals surface area contributed by atoms with Gasteiger partial charge in [-0.1, -0.05) is 36.4 Å². The van der Waals surface area contributed by atoms with E-state index in [0.717, 1.165) is 35.2 Å². The number of ether oxygens (including phenoxy) is 1. The molecule has 0 unspecified atom stereocenters. The summed E-state index contributed by atoms with van der Waals surface area (Å²) < 4.78 is 6.24. The Bertz CT molecular complexity index is 1260. The predicted molar refractivity (Wildman–Crippen MR) is 143 cm³/mol. The van der Waals surface area contributed by atoms with E-state index in [0.29, 0.717) is 28.9 Å². The van der Waals surface area contributed by atoms with Gasteiger partial charge in [-0.3, -0.25) is 14.9 Å². The number of fused-ring (bicyclic) bond motifs is 1. The fourth-order valence-corrected chi connectivity index (χ4v) is 5.03. The second-order valence-corrected chi connectivity index (χ2v) is 9.11. The van der Waals surface area contributed by atoms with Gasteiger partial charge in [0.15, 0.2) is 5.11 Å². The molecule has 0 aliphatic carbocycles. The molecule has 3 aromatic rings. The lowest BCUT2D eigenvalue weighted by Crippen LogP contribution is -2.48. The Morgan fingerprint density at radius 3 is 2.41 bits per heavy atom. The quantitative estimate of drug-likeness (QED) is 0.477. The van der Waals surface area contributed by atoms with Crippen LogP contribution in [-0.2, 0) is 4.79 Å². The largest absolute Gasteiger partial charge is 0.495 e. The molecule has 3 aromatic carbocycles. The molecule has 1 aliphatic heterocycles. The van der Waals surface area contributed by atoms with Crippen LogP contribution in [0.15, 0.2) is 59.1 Å². The van der Waals surface area contributed by atoms with Crippen LogP contribution in [0.3, 0.4) is 0 Å². The SMILES string of the molecule is COc1c(C(=O)NC(=S)Nc2ccccc2N2CCN(C(C)=O)CC2)cc2ccccc2c1Br. The molecule has 0 atom stereocenters. The number of nitrogens with zero attached hydrogens (tertiary/aromatic N) is 2. The average molecular weight is 541 g/mol. The van der Waals surface area contributed by atoms with E-state index in [1.165, 1.54) is 7.11 Å². The minimum absolute atomic E-state index is 0.0886. The lowest BCUT2D eigenvalue weighted by molar-refractivity contribution is -0.129. The number of halogens is 1. The lowest BCUT2D eigenvalue weighted by atomic mass is 10.1. The molecule has 34 heavy (non-hydrogen) atoms. The summed E-state index contributed by atoms with van der Waals surface area (Å²) in [6.07, 6.45) is 0. The van der Waals surface area contributed by atoms with Crippen molar-refractivity contribution in [3.8, 4) is 5.75 Å². The molecule has 0 radical (unpaired) electrons. The van der Waals surface area contributed by atoms with E-state index in [2.05, 4.69) is 31.5 Å². The van der Waals surface area contributed by atoms with Gasteiger partial charge in [0.25, 0.3) is 5.91 Å². The van der Waals surface area contributed by atoms with Gasteiger partial charge in [0, 0.05) is 33.1 Å². The molecule has 0 bridgehead atoms. The summed E-state index contributed by atoms with van der Waals surface area (Å²) >= 11 is 9.03. The number of carbonyl (C=O) groups excluding carboxylic acids is 2. The van der Waals surface area contributed by atoms with Crippen LogP contribution in [0, 0.1) is 0 Å². The maximum atomic E-state index is 13.1. The highest BCUT2D eigenvalue weighted by atomic mass is 79.9. The molecule has 0 aromatic heterocycles. The van der Waals surface area contributed by atoms with Gasteiger partial charge in [0.05, 0.1) is 28.5 Å². The highest BCUT2D eigenvalue weighted by molar-refractivity contribution is 9.10. The highest BCUT2D eigenvalue weighted by Crippen LogP contribution is 2.36. The van der Waals surface area contributed by atoms with E-state index in [9.17, 15) is 9.59 Å². The minimum atomic E-state index is -0.367. The Balaban J connectivity index is 1.50. The van der Waals surface area contributed by atoms with Crippen LogP contribution in [0.25, 0.3) is 10.8 Å². The minimum Gasteiger partial charge on any atom is -0.495 e. The zero-order chi connectivity index (χ0) is 24.2. The fourth-order valence-electron chi connectivity index (χ4n) is 4.09. The van der Waals surface area contributed by atoms with Gasteiger partial charge >= 0.3 is 0 Å². The number of para-hydroxylation sites is 2. The van der Waals surface area contributed by atoms with Crippen LogP contribution >= 0.6 is 28.1 Å². The molecule has 1 fully saturated rings. The van der Waals surface area contributed by atoms with E-state index in [1.807, 2.05) is 53.4 Å². The van der Waals surface area contributed by atoms with Crippen molar-refractivity contribution in [1.29, 1.82) is 0 Å². The first kappa shape index (κ1) is 24.0. The molecular weight excluding hydrogens is 516 g/mol. The van der Waals surface area contributed by atoms with Crippen molar-refractivity contribution in [3.63, 3.8) is 0 Å². The maximum absolute atomic E-state index is 13.1. The summed E-state index contributed by atoms with van der Waals surface area (Å²) in [6.45, 7) is 4.37. The number of carbonyl (C=O) groups is 2. The molecule has 1 heterocycles. The first-order valence-corrected chi connectivity index (χ1v) is 12.1. The Labute approximate surface area is 212 Å². The summed E-state index contributed by atoms with van der Waals surface area (Å²) in [6, 6.07) is 17.3. The number of piperazine rings is 1. The fraction of sp³-hybridized carbons (Fsp3) is 0.240. The smallest absolute Gasteiger partial charge is 0.261 e. The summed E-state index contributed by atoms with van der Waals surface area (Å²) in [5.74, 6) is 0.168. The van der Waals surface area contributed by atoms with Crippen LogP contribution in [0.2, 0.25) is 0 Å². The van der Waals surface area contributed by atoms with Crippen LogP contribution in [-0.4, -0.2) is 55.1 Å². The lowest BCUT2D eigenvalue weighted by Gasteiger charge is -2.36. The Kier molecular flexibility index (Phi) is 7.33. The summed E-state index contributed by atoms with van der Waals surface area (Å²) in [7, 11) is 1.53. The third kappa shape index (κ3) is 5.00. The van der Waals surface area contributed by atoms with E-state index < -0.39 is 0 Å². The number of nitrogens with one attached hydrogen (secondary N) is 2. The Hall–Kier alpha value is -3.17. The van der Waals surface area contributed by atoms with Crippen LogP contribution in [0.4, 0.5) is 11.4 Å². The molecule has 7 nitrogen and oxygen atoms in total. The van der Waals surface area contributed by atoms with Crippen molar-refractivity contribution in [2.75, 3.05) is 43.5 Å². The maximum Gasteiger partial charge on any atom is 0.261 e. The summed E-state index contributed by atoms with van der Waals surface area (Å²) in [5.41, 5.74) is 2.13. The second kappa shape index (κ2) is 10.4. The van der Waals surface area contributed by atoms with Gasteiger partial charge in [0.2, 0.25) is 5.91 Å². The summed E-state index contributed by atoms with van der Waals surface area (Å²) in [4.78, 5) is 28.8. The molecule has 1 saturated heterocycles. The molecule has 2 amide bonds. The zero-order valence-corrected chi connectivity index (χ0v) is 21.3. The van der Waals surface area contributed by atoms with Gasteiger partial charge in [0.1, 0.15) is 5.75 Å². The van der Waals surface area contributed by atoms with Crippen molar-refractivity contribution >= 4 is 67.2 Å². The van der Waals surface area contributed by atoms with E-state index >= 15 is 0 Å². The van der Waals surface area contributed by atoms with Crippen molar-refractivity contribution in [3.05, 3.63) is 64.6 Å². The average Bonchev–Trinajstić information content (AvgIpc) is 2.84. The van der Waals surface area contributed by atoms with Gasteiger partial charge in [-0.25, -0.2) is 0 Å². The molecule has 0 spiro atoms. The van der Waals surface area contributed by atoms with Gasteiger partial charge in [-0.05, 0) is 57.1 Å². The molecule has 176 valence electrons. The second-order valence-electron chi connectivity index (χ2n) is 7.91. The van der Waals surface area contributed by atoms with E-state index in [-0.39, 0.29) is 16.9 Å². The molecule has 9 heteroatoms. The van der Waals surface area contributed by atoms with Crippen LogP contribution < -0.4 is 20.3 Å². The van der Waals surface area contributed by atoms with Crippen LogP contribution in [0.1, 0.15) is 17.3 Å². The molecule has 4 rings (SSSR count). The zero-order valence-electron chi connectivity index (χ0n) is 18.9. The van der Waals surface area contributed by atoms with Crippen molar-refractivity contribution < 1.29 is 14.3 Å². The standard InChI is InChI=1S/C25H25BrN4O3S/c1-16(31)29-11-13-30(14-12-29)21-10-6-5-9-20(21)27-25(34)28-24(32)19-15-17-7-3-4-8-18(17)22(26)23(19)33-2/h3-10,15H,11-14H2,1-2H3,(H2,27,28,32,34). The van der Waals surface area contributed by atoms with E-state index in [1.54, 1.807) is 13.0 Å². The molecule has 1 aliphatic rings. The number of hydrogen-bond donors (Lipinski definition) is 2. The van der Waals surface area contributed by atoms with Gasteiger partial charge < -0.3 is 19.9 Å². The number of hydrogen-bond acceptors (Lipinski definition) is 5. The topological polar surface area (TPSA) is 73.9 Å². The van der Waals surface area contributed by atoms with Gasteiger partial charge in [-0.2, -0.15) is 0 Å². The van der Waals surface area contributed by atoms with Crippen molar-refractivity contribution in [2.45, 2.75) is 6.92 Å². The number of rotatable bonds is 4. The van der Waals surface area contributed by atoms with Crippen LogP contribution in [0.5, 0.6) is 5.75 Å². The van der Waals surface area contributed by atoms with Crippen molar-refractivity contribution in [2.24, 2.45) is 0 Å². The number of methoxy groups -OCH3 is 1. The normalized spacial score (nSPS) is 13.5. The number of amides is 2. The monoisotopic (exact) mass is 540 g/mol. The number of anilines is 2. The third-order valence-electron chi connectivity index (χ3n) is 5.83. The summed E-state index contributed by atoms with van der Waals surface area (Å²) in [5, 5.41) is 7.98. The number of benzene rings is 3. The number of thiocarbonyl (C=S) groups is 1. The molecular formula is C25H25BrN4O3S. The Morgan fingerprint density at radius 1 is 1.03 bits per heavy atom. The third-order valence-corrected chi connectivity index (χ3v) is 6.83. The van der Waals surface area contributed by atoms with E-state index in [4.69, 9.17) is 17.0 Å². The Morgan fingerprint density at radius 2 is 1.71 bits per heavy atom. The first-order chi connectivity index (χ1) is 16.4. The van der Waals surface area contributed by atoms with Crippen molar-refractivity contribution in [1.82, 2.24) is 10.2 Å². The molecule has 0 saturated carbocycles. The predicted octanol–water partition coefficient (Wildman–Crippen LogP) is 4.41. The first-order valence-electron chi connectivity index (χ1n) is 10.9. The molecule has 2 N–H and O–H groups in total. The van der Waals surface area contributed by atoms with Gasteiger partial charge in [-0.15, -0.1) is 0 Å².